The van der Waals surface area contributed by atoms with Crippen molar-refractivity contribution in [3.8, 4) is 0 Å². The fourth-order valence-electron chi connectivity index (χ4n) is 1.87. The highest BCUT2D eigenvalue weighted by atomic mass is 35.5. The van der Waals surface area contributed by atoms with E-state index < -0.39 is 22.4 Å². The second-order valence-electron chi connectivity index (χ2n) is 4.18. The van der Waals surface area contributed by atoms with Gasteiger partial charge in [0.15, 0.2) is 12.4 Å². The molecule has 22 heavy (non-hydrogen) atoms. The van der Waals surface area contributed by atoms with Crippen LogP contribution in [0.15, 0.2) is 48.7 Å². The van der Waals surface area contributed by atoms with Gasteiger partial charge in [-0.25, -0.2) is 0 Å². The fraction of sp³-hybridized carbons (Fsp3) is 0.0714. The summed E-state index contributed by atoms with van der Waals surface area (Å²) in [7, 11) is 1.23. The Labute approximate surface area is 129 Å². The maximum atomic E-state index is 13.9. The standard InChI is InChI=1S/C14H10ClFN2O4/c1-22-14(19)13(17-5-3-2-4-6-17)9-7-11(16)12(18(20)21)8-10(9)15/h2-8H,1H3/p+1/b14-13+. The van der Waals surface area contributed by atoms with Crippen LogP contribution in [0.2, 0.25) is 5.02 Å². The van der Waals surface area contributed by atoms with Gasteiger partial charge in [0, 0.05) is 18.2 Å². The van der Waals surface area contributed by atoms with Crippen LogP contribution in [0.5, 0.6) is 0 Å². The monoisotopic (exact) mass is 325 g/mol. The summed E-state index contributed by atoms with van der Waals surface area (Å²) in [4.78, 5) is 9.86. The number of methoxy groups -OCH3 is 1. The summed E-state index contributed by atoms with van der Waals surface area (Å²) < 4.78 is 20.1. The summed E-state index contributed by atoms with van der Waals surface area (Å²) in [5.41, 5.74) is -0.634. The molecule has 0 amide bonds. The molecule has 1 N–H and O–H groups in total. The zero-order chi connectivity index (χ0) is 16.3. The number of hydrogen-bond donors (Lipinski definition) is 1. The van der Waals surface area contributed by atoms with Crippen molar-refractivity contribution in [1.82, 2.24) is 0 Å². The van der Waals surface area contributed by atoms with Gasteiger partial charge in [0.25, 0.3) is 0 Å². The van der Waals surface area contributed by atoms with Crippen molar-refractivity contribution in [3.05, 3.63) is 75.2 Å². The lowest BCUT2D eigenvalue weighted by atomic mass is 10.1. The minimum absolute atomic E-state index is 0.0558. The molecule has 0 aliphatic rings. The zero-order valence-corrected chi connectivity index (χ0v) is 12.1. The van der Waals surface area contributed by atoms with Crippen molar-refractivity contribution in [2.24, 2.45) is 0 Å². The molecule has 0 atom stereocenters. The molecule has 0 saturated carbocycles. The first kappa shape index (κ1) is 15.7. The van der Waals surface area contributed by atoms with E-state index in [1.807, 2.05) is 0 Å². The van der Waals surface area contributed by atoms with Crippen LogP contribution < -0.4 is 4.57 Å². The Morgan fingerprint density at radius 1 is 1.36 bits per heavy atom. The van der Waals surface area contributed by atoms with Crippen LogP contribution in [0.1, 0.15) is 5.56 Å². The molecule has 0 bridgehead atoms. The number of ether oxygens (including phenoxy) is 1. The van der Waals surface area contributed by atoms with Crippen LogP contribution in [-0.2, 0) is 4.74 Å². The summed E-state index contributed by atoms with van der Waals surface area (Å²) >= 11 is 6.01. The highest BCUT2D eigenvalue weighted by molar-refractivity contribution is 6.32. The Balaban J connectivity index is 2.70. The van der Waals surface area contributed by atoms with Gasteiger partial charge in [0.1, 0.15) is 0 Å². The van der Waals surface area contributed by atoms with Gasteiger partial charge in [-0.15, -0.1) is 0 Å². The van der Waals surface area contributed by atoms with Gasteiger partial charge in [-0.2, -0.15) is 8.96 Å². The lowest BCUT2D eigenvalue weighted by Gasteiger charge is -2.07. The number of nitrogens with zero attached hydrogens (tertiary/aromatic N) is 2. The van der Waals surface area contributed by atoms with Crippen LogP contribution in [0.25, 0.3) is 5.70 Å². The Hall–Kier alpha value is -2.67. The van der Waals surface area contributed by atoms with Crippen LogP contribution in [0.4, 0.5) is 10.1 Å². The van der Waals surface area contributed by atoms with E-state index in [-0.39, 0.29) is 16.3 Å². The average Bonchev–Trinajstić information content (AvgIpc) is 2.51. The molecule has 0 unspecified atom stereocenters. The highest BCUT2D eigenvalue weighted by Crippen LogP contribution is 2.30. The van der Waals surface area contributed by atoms with Crippen molar-refractivity contribution in [1.29, 1.82) is 0 Å². The van der Waals surface area contributed by atoms with E-state index in [0.717, 1.165) is 12.1 Å². The number of rotatable bonds is 4. The van der Waals surface area contributed by atoms with Gasteiger partial charge < -0.3 is 9.84 Å². The number of aromatic nitrogens is 1. The third kappa shape index (κ3) is 2.99. The zero-order valence-electron chi connectivity index (χ0n) is 11.4. The van der Waals surface area contributed by atoms with Gasteiger partial charge in [0.2, 0.25) is 5.82 Å². The molecule has 8 heteroatoms. The number of halogens is 2. The Kier molecular flexibility index (Phi) is 4.57. The predicted octanol–water partition coefficient (Wildman–Crippen LogP) is 3.05. The second-order valence-corrected chi connectivity index (χ2v) is 4.59. The van der Waals surface area contributed by atoms with Crippen LogP contribution in [-0.4, -0.2) is 17.1 Å². The second kappa shape index (κ2) is 6.40. The molecule has 6 nitrogen and oxygen atoms in total. The summed E-state index contributed by atoms with van der Waals surface area (Å²) in [6.45, 7) is 0. The van der Waals surface area contributed by atoms with Gasteiger partial charge in [0.05, 0.1) is 22.6 Å². The van der Waals surface area contributed by atoms with E-state index in [1.165, 1.54) is 11.7 Å². The average molecular weight is 326 g/mol. The molecule has 1 aromatic carbocycles. The predicted molar refractivity (Wildman–Crippen MR) is 76.7 cm³/mol. The van der Waals surface area contributed by atoms with Gasteiger partial charge in [-0.3, -0.25) is 10.1 Å². The van der Waals surface area contributed by atoms with Crippen molar-refractivity contribution in [3.63, 3.8) is 0 Å². The number of benzene rings is 1. The minimum atomic E-state index is -1.07. The maximum absolute atomic E-state index is 13.9. The normalized spacial score (nSPS) is 11.8. The molecule has 2 rings (SSSR count). The quantitative estimate of drug-likeness (QED) is 0.405. The van der Waals surface area contributed by atoms with Crippen LogP contribution in [0.3, 0.4) is 0 Å². The highest BCUT2D eigenvalue weighted by Gasteiger charge is 2.27. The third-order valence-corrected chi connectivity index (χ3v) is 3.17. The molecular formula is C14H11ClFN2O4+. The molecule has 0 aliphatic carbocycles. The lowest BCUT2D eigenvalue weighted by Crippen LogP contribution is -2.33. The van der Waals surface area contributed by atoms with E-state index in [0.29, 0.717) is 0 Å². The van der Waals surface area contributed by atoms with E-state index >= 15 is 0 Å². The van der Waals surface area contributed by atoms with Crippen LogP contribution >= 0.6 is 11.6 Å². The molecule has 114 valence electrons. The van der Waals surface area contributed by atoms with Crippen LogP contribution in [0, 0.1) is 15.9 Å². The Morgan fingerprint density at radius 2 is 2.00 bits per heavy atom. The molecule has 0 aliphatic heterocycles. The largest absolute Gasteiger partial charge is 0.476 e. The Morgan fingerprint density at radius 3 is 2.55 bits per heavy atom. The molecule has 0 spiro atoms. The van der Waals surface area contributed by atoms with Gasteiger partial charge >= 0.3 is 17.3 Å². The lowest BCUT2D eigenvalue weighted by molar-refractivity contribution is -0.581. The van der Waals surface area contributed by atoms with Gasteiger partial charge in [-0.1, -0.05) is 17.7 Å². The molecule has 0 saturated heterocycles. The smallest absolute Gasteiger partial charge is 0.353 e. The van der Waals surface area contributed by atoms with Crippen molar-refractivity contribution in [2.75, 3.05) is 7.11 Å². The SMILES string of the molecule is CO/C(O)=C(\c1cc(F)c([N+](=O)[O-])cc1Cl)[n+]1ccccc1. The summed E-state index contributed by atoms with van der Waals surface area (Å²) in [5.74, 6) is -1.58. The first-order valence-corrected chi connectivity index (χ1v) is 6.41. The maximum Gasteiger partial charge on any atom is 0.353 e. The number of aliphatic hydroxyl groups excluding tert-OH is 1. The topological polar surface area (TPSA) is 76.5 Å². The van der Waals surface area contributed by atoms with E-state index in [1.54, 1.807) is 30.6 Å². The first-order chi connectivity index (χ1) is 10.5. The van der Waals surface area contributed by atoms with Crippen molar-refractivity contribution in [2.45, 2.75) is 0 Å². The molecular weight excluding hydrogens is 315 g/mol. The molecule has 1 heterocycles. The number of hydrogen-bond acceptors (Lipinski definition) is 4. The van der Waals surface area contributed by atoms with Crippen molar-refractivity contribution >= 4 is 23.0 Å². The third-order valence-electron chi connectivity index (χ3n) is 2.86. The van der Waals surface area contributed by atoms with Crippen molar-refractivity contribution < 1.29 is 23.7 Å². The number of nitro groups is 1. The molecule has 2 aromatic rings. The summed E-state index contributed by atoms with van der Waals surface area (Å²) in [5, 5.41) is 20.6. The number of pyridine rings is 1. The fourth-order valence-corrected chi connectivity index (χ4v) is 2.11. The molecule has 1 aromatic heterocycles. The molecule has 0 radical (unpaired) electrons. The number of nitro benzene ring substituents is 1. The number of aliphatic hydroxyl groups is 1. The van der Waals surface area contributed by atoms with E-state index in [2.05, 4.69) is 0 Å². The van der Waals surface area contributed by atoms with E-state index in [4.69, 9.17) is 16.3 Å². The minimum Gasteiger partial charge on any atom is -0.476 e. The van der Waals surface area contributed by atoms with Gasteiger partial charge in [-0.05, 0) is 6.07 Å². The van der Waals surface area contributed by atoms with E-state index in [9.17, 15) is 19.6 Å². The summed E-state index contributed by atoms with van der Waals surface area (Å²) in [6, 6.07) is 6.87. The Bertz CT molecular complexity index is 750. The first-order valence-electron chi connectivity index (χ1n) is 6.03. The molecule has 0 fully saturated rings. The summed E-state index contributed by atoms with van der Waals surface area (Å²) in [6.07, 6.45) is 3.17.